The van der Waals surface area contributed by atoms with Crippen molar-refractivity contribution in [3.8, 4) is 5.00 Å². The van der Waals surface area contributed by atoms with Gasteiger partial charge in [-0.1, -0.05) is 74.5 Å². The predicted octanol–water partition coefficient (Wildman–Crippen LogP) is 6.95. The summed E-state index contributed by atoms with van der Waals surface area (Å²) in [6.07, 6.45) is 1.79. The molecule has 4 heteroatoms. The highest BCUT2D eigenvalue weighted by atomic mass is 32.1. The summed E-state index contributed by atoms with van der Waals surface area (Å²) >= 11 is 1.65. The summed E-state index contributed by atoms with van der Waals surface area (Å²) in [6, 6.07) is 24.3. The van der Waals surface area contributed by atoms with Gasteiger partial charge in [0.05, 0.1) is 16.6 Å². The number of rotatable bonds is 1. The second-order valence-corrected chi connectivity index (χ2v) is 10.4. The maximum Gasteiger partial charge on any atom is 0.197 e. The molecular weight excluding hydrogens is 426 g/mol. The molecule has 158 valence electrons. The van der Waals surface area contributed by atoms with Gasteiger partial charge in [0.1, 0.15) is 5.00 Å². The summed E-state index contributed by atoms with van der Waals surface area (Å²) in [5.74, 6) is -0.364. The minimum Gasteiger partial charge on any atom is -0.300 e. The Labute approximate surface area is 194 Å². The molecular formula is C29H19NO2S. The average molecular weight is 446 g/mol. The highest BCUT2D eigenvalue weighted by molar-refractivity contribution is 7.15. The number of allylic oxidation sites excluding steroid dienone is 1. The second kappa shape index (κ2) is 6.18. The number of benzene rings is 3. The van der Waals surface area contributed by atoms with Gasteiger partial charge in [0.15, 0.2) is 11.6 Å². The fourth-order valence-corrected chi connectivity index (χ4v) is 6.79. The van der Waals surface area contributed by atoms with Crippen LogP contribution in [0.15, 0.2) is 78.4 Å². The van der Waals surface area contributed by atoms with Gasteiger partial charge in [-0.05, 0) is 29.3 Å². The van der Waals surface area contributed by atoms with E-state index < -0.39 is 0 Å². The Morgan fingerprint density at radius 2 is 1.45 bits per heavy atom. The summed E-state index contributed by atoms with van der Waals surface area (Å²) in [5.41, 5.74) is 6.00. The molecule has 5 aromatic rings. The Bertz CT molecular complexity index is 1690. The van der Waals surface area contributed by atoms with Crippen molar-refractivity contribution in [1.82, 2.24) is 4.57 Å². The Balaban J connectivity index is 1.49. The summed E-state index contributed by atoms with van der Waals surface area (Å²) in [4.78, 5) is 26.8. The molecule has 0 unspecified atom stereocenters. The molecule has 2 aliphatic rings. The second-order valence-electron chi connectivity index (χ2n) is 9.31. The van der Waals surface area contributed by atoms with Crippen molar-refractivity contribution in [2.45, 2.75) is 19.3 Å². The molecule has 1 aliphatic carbocycles. The lowest BCUT2D eigenvalue weighted by Gasteiger charge is -2.32. The molecule has 3 nitrogen and oxygen atoms in total. The minimum atomic E-state index is -0.195. The maximum atomic E-state index is 13.0. The minimum absolute atomic E-state index is 0.182. The van der Waals surface area contributed by atoms with Crippen LogP contribution in [0.2, 0.25) is 0 Å². The van der Waals surface area contributed by atoms with E-state index in [9.17, 15) is 9.59 Å². The number of fused-ring (bicyclic) bond motifs is 6. The molecule has 2 aromatic heterocycles. The van der Waals surface area contributed by atoms with Crippen molar-refractivity contribution in [2.75, 3.05) is 0 Å². The van der Waals surface area contributed by atoms with Crippen molar-refractivity contribution < 1.29 is 9.59 Å². The van der Waals surface area contributed by atoms with E-state index in [-0.39, 0.29) is 22.6 Å². The van der Waals surface area contributed by atoms with Crippen molar-refractivity contribution in [2.24, 2.45) is 0 Å². The van der Waals surface area contributed by atoms with Crippen LogP contribution in [0.4, 0.5) is 0 Å². The monoisotopic (exact) mass is 445 g/mol. The van der Waals surface area contributed by atoms with Gasteiger partial charge in [0, 0.05) is 32.2 Å². The van der Waals surface area contributed by atoms with Crippen LogP contribution in [-0.4, -0.2) is 16.1 Å². The van der Waals surface area contributed by atoms with Crippen molar-refractivity contribution in [1.29, 1.82) is 0 Å². The molecule has 0 saturated heterocycles. The summed E-state index contributed by atoms with van der Waals surface area (Å²) < 4.78 is 2.36. The van der Waals surface area contributed by atoms with Gasteiger partial charge >= 0.3 is 0 Å². The molecule has 0 saturated carbocycles. The normalized spacial score (nSPS) is 15.9. The van der Waals surface area contributed by atoms with Crippen LogP contribution in [0, 0.1) is 0 Å². The fraction of sp³-hybridized carbons (Fsp3) is 0.103. The van der Waals surface area contributed by atoms with Crippen LogP contribution in [0.1, 0.15) is 50.6 Å². The van der Waals surface area contributed by atoms with Gasteiger partial charge in [-0.15, -0.1) is 11.3 Å². The topological polar surface area (TPSA) is 39.1 Å². The van der Waals surface area contributed by atoms with E-state index in [0.29, 0.717) is 11.1 Å². The molecule has 0 amide bonds. The quantitative estimate of drug-likeness (QED) is 0.207. The Kier molecular flexibility index (Phi) is 3.52. The third-order valence-electron chi connectivity index (χ3n) is 7.17. The number of hydrogen-bond donors (Lipinski definition) is 0. The Hall–Kier alpha value is -3.76. The number of Topliss-reactive ketones (excluding diaryl/α,β-unsaturated/α-hetero) is 2. The molecule has 0 N–H and O–H groups in total. The number of para-hydroxylation sites is 2. The predicted molar refractivity (Wildman–Crippen MR) is 134 cm³/mol. The molecule has 1 aliphatic heterocycles. The summed E-state index contributed by atoms with van der Waals surface area (Å²) in [5, 5.41) is 3.65. The van der Waals surface area contributed by atoms with Gasteiger partial charge in [0.2, 0.25) is 0 Å². The van der Waals surface area contributed by atoms with E-state index in [0.717, 1.165) is 9.88 Å². The van der Waals surface area contributed by atoms with Gasteiger partial charge in [-0.25, -0.2) is 0 Å². The first-order chi connectivity index (χ1) is 16.0. The molecule has 0 fully saturated rings. The SMILES string of the molecule is CC1(C)c2cc(C=C3C(=O)c4ccccc4C3=O)sc2-n2c3ccccc3c3cccc1c32. The average Bonchev–Trinajstić information content (AvgIpc) is 3.47. The number of nitrogens with zero attached hydrogens (tertiary/aromatic N) is 1. The highest BCUT2D eigenvalue weighted by Gasteiger charge is 2.37. The zero-order valence-corrected chi connectivity index (χ0v) is 19.0. The maximum absolute atomic E-state index is 13.0. The van der Waals surface area contributed by atoms with Crippen LogP contribution in [-0.2, 0) is 5.41 Å². The van der Waals surface area contributed by atoms with Gasteiger partial charge in [-0.2, -0.15) is 0 Å². The molecule has 0 bridgehead atoms. The van der Waals surface area contributed by atoms with E-state index in [4.69, 9.17) is 0 Å². The van der Waals surface area contributed by atoms with Crippen LogP contribution in [0.5, 0.6) is 0 Å². The molecule has 3 aromatic carbocycles. The lowest BCUT2D eigenvalue weighted by Crippen LogP contribution is -2.24. The van der Waals surface area contributed by atoms with Crippen LogP contribution < -0.4 is 0 Å². The molecule has 0 spiro atoms. The number of hydrogen-bond acceptors (Lipinski definition) is 3. The van der Waals surface area contributed by atoms with Crippen molar-refractivity contribution in [3.05, 3.63) is 106 Å². The van der Waals surface area contributed by atoms with Gasteiger partial charge in [0.25, 0.3) is 0 Å². The standard InChI is InChI=1S/C29H19NO2S/c1-29(2)22-12-7-11-18-17-8-5-6-13-24(17)30(25(18)22)28-23(29)15-16(33-28)14-21-26(31)19-9-3-4-10-20(19)27(21)32/h3-15H,1-2H3. The number of thiophene rings is 1. The third kappa shape index (κ3) is 2.29. The van der Waals surface area contributed by atoms with Gasteiger partial charge in [-0.3, -0.25) is 9.59 Å². The Morgan fingerprint density at radius 3 is 2.21 bits per heavy atom. The lowest BCUT2D eigenvalue weighted by molar-refractivity contribution is 0.0990. The number of aromatic nitrogens is 1. The smallest absolute Gasteiger partial charge is 0.197 e. The Morgan fingerprint density at radius 1 is 0.788 bits per heavy atom. The van der Waals surface area contributed by atoms with E-state index >= 15 is 0 Å². The van der Waals surface area contributed by atoms with Crippen LogP contribution in [0.3, 0.4) is 0 Å². The molecule has 3 heterocycles. The molecule has 0 atom stereocenters. The van der Waals surface area contributed by atoms with Gasteiger partial charge < -0.3 is 4.57 Å². The van der Waals surface area contributed by atoms with Crippen molar-refractivity contribution in [3.63, 3.8) is 0 Å². The first kappa shape index (κ1) is 18.8. The lowest BCUT2D eigenvalue weighted by atomic mass is 9.76. The third-order valence-corrected chi connectivity index (χ3v) is 8.24. The first-order valence-electron chi connectivity index (χ1n) is 11.0. The number of carbonyl (C=O) groups excluding carboxylic acids is 2. The summed E-state index contributed by atoms with van der Waals surface area (Å²) in [6.45, 7) is 4.51. The zero-order chi connectivity index (χ0) is 22.5. The van der Waals surface area contributed by atoms with E-state index in [1.165, 1.54) is 32.9 Å². The number of ketones is 2. The largest absolute Gasteiger partial charge is 0.300 e. The van der Waals surface area contributed by atoms with Crippen molar-refractivity contribution >= 4 is 50.8 Å². The number of carbonyl (C=O) groups is 2. The van der Waals surface area contributed by atoms with Crippen LogP contribution in [0.25, 0.3) is 32.9 Å². The van der Waals surface area contributed by atoms with E-state index in [1.54, 1.807) is 41.7 Å². The van der Waals surface area contributed by atoms with E-state index in [1.807, 2.05) is 0 Å². The highest BCUT2D eigenvalue weighted by Crippen LogP contribution is 2.50. The van der Waals surface area contributed by atoms with Crippen LogP contribution >= 0.6 is 11.3 Å². The fourth-order valence-electron chi connectivity index (χ4n) is 5.51. The molecule has 0 radical (unpaired) electrons. The zero-order valence-electron chi connectivity index (χ0n) is 18.2. The molecule has 7 rings (SSSR count). The molecule has 33 heavy (non-hydrogen) atoms. The summed E-state index contributed by atoms with van der Waals surface area (Å²) in [7, 11) is 0. The first-order valence-corrected chi connectivity index (χ1v) is 11.9. The van der Waals surface area contributed by atoms with E-state index in [2.05, 4.69) is 66.9 Å².